The quantitative estimate of drug-likeness (QED) is 0.335. The van der Waals surface area contributed by atoms with E-state index in [0.29, 0.717) is 0 Å². The average molecular weight is 422 g/mol. The predicted molar refractivity (Wildman–Crippen MR) is 52.5 cm³/mol. The van der Waals surface area contributed by atoms with Crippen molar-refractivity contribution in [3.8, 4) is 0 Å². The van der Waals surface area contributed by atoms with Crippen LogP contribution in [-0.2, 0) is 0 Å². The van der Waals surface area contributed by atoms with Gasteiger partial charge in [0.1, 0.15) is 0 Å². The molecule has 1 aliphatic rings. The second kappa shape index (κ2) is 5.36. The Balaban J connectivity index is 4.11. The van der Waals surface area contributed by atoms with E-state index >= 15 is 0 Å². The Morgan fingerprint density at radius 1 is 0.615 bits per heavy atom. The van der Waals surface area contributed by atoms with Gasteiger partial charge in [-0.2, -0.15) is 65.9 Å². The summed E-state index contributed by atoms with van der Waals surface area (Å²) in [6, 6.07) is 0. The minimum atomic E-state index is -6.93. The monoisotopic (exact) mass is 422 g/mol. The van der Waals surface area contributed by atoms with Crippen LogP contribution < -0.4 is 0 Å². The molecule has 0 fully saturated rings. The number of halogens is 15. The van der Waals surface area contributed by atoms with E-state index in [1.54, 1.807) is 0 Å². The molecule has 154 valence electrons. The Labute approximate surface area is 133 Å². The standard InChI is InChI=1S/C11H5F15/c1-5(8(15,16)17,9(18,19)20)4-3(7(12,13)14)2-6(4,10(21,22)23)11(24,25)26/h2H2,1H3. The second-order valence-electron chi connectivity index (χ2n) is 5.55. The van der Waals surface area contributed by atoms with Crippen LogP contribution in [0.15, 0.2) is 11.1 Å². The minimum Gasteiger partial charge on any atom is -0.170 e. The smallest absolute Gasteiger partial charge is 0.170 e. The Kier molecular flexibility index (Phi) is 4.69. The zero-order valence-electron chi connectivity index (χ0n) is 11.9. The molecule has 0 aliphatic heterocycles. The fourth-order valence-electron chi connectivity index (χ4n) is 2.65. The van der Waals surface area contributed by atoms with Crippen molar-refractivity contribution in [3.05, 3.63) is 11.1 Å². The highest BCUT2D eigenvalue weighted by Crippen LogP contribution is 2.74. The van der Waals surface area contributed by atoms with Crippen LogP contribution in [0.4, 0.5) is 65.9 Å². The van der Waals surface area contributed by atoms with Gasteiger partial charge in [0.25, 0.3) is 0 Å². The first-order valence-corrected chi connectivity index (χ1v) is 6.04. The zero-order valence-corrected chi connectivity index (χ0v) is 11.9. The lowest BCUT2D eigenvalue weighted by molar-refractivity contribution is -0.373. The molecule has 0 spiro atoms. The highest BCUT2D eigenvalue weighted by molar-refractivity contribution is 5.47. The molecule has 1 rings (SSSR count). The Morgan fingerprint density at radius 2 is 0.923 bits per heavy atom. The maximum absolute atomic E-state index is 12.9. The number of hydrogen-bond donors (Lipinski definition) is 0. The molecule has 0 aromatic carbocycles. The van der Waals surface area contributed by atoms with E-state index in [9.17, 15) is 65.9 Å². The number of hydrogen-bond acceptors (Lipinski definition) is 0. The maximum Gasteiger partial charge on any atom is 0.412 e. The number of allylic oxidation sites excluding steroid dienone is 2. The third-order valence-electron chi connectivity index (χ3n) is 4.11. The Morgan fingerprint density at radius 3 is 1.12 bits per heavy atom. The first-order chi connectivity index (χ1) is 11.0. The molecule has 0 saturated heterocycles. The van der Waals surface area contributed by atoms with Crippen molar-refractivity contribution in [3.63, 3.8) is 0 Å². The van der Waals surface area contributed by atoms with E-state index in [4.69, 9.17) is 0 Å². The average Bonchev–Trinajstić information content (AvgIpc) is 2.17. The van der Waals surface area contributed by atoms with Crippen molar-refractivity contribution >= 4 is 0 Å². The molecule has 26 heavy (non-hydrogen) atoms. The van der Waals surface area contributed by atoms with Crippen molar-refractivity contribution in [2.75, 3.05) is 0 Å². The van der Waals surface area contributed by atoms with Crippen LogP contribution in [0.25, 0.3) is 0 Å². The lowest BCUT2D eigenvalue weighted by atomic mass is 9.53. The van der Waals surface area contributed by atoms with Gasteiger partial charge >= 0.3 is 30.9 Å². The lowest BCUT2D eigenvalue weighted by Crippen LogP contribution is -2.66. The van der Waals surface area contributed by atoms with Gasteiger partial charge in [-0.25, -0.2) is 0 Å². The summed E-state index contributed by atoms with van der Waals surface area (Å²) in [5, 5.41) is 0. The van der Waals surface area contributed by atoms with Gasteiger partial charge in [-0.3, -0.25) is 0 Å². The molecule has 0 unspecified atom stereocenters. The molecule has 0 heterocycles. The highest BCUT2D eigenvalue weighted by atomic mass is 19.4. The van der Waals surface area contributed by atoms with E-state index < -0.39 is 66.2 Å². The summed E-state index contributed by atoms with van der Waals surface area (Å²) in [4.78, 5) is 0. The van der Waals surface area contributed by atoms with Crippen LogP contribution in [0.2, 0.25) is 0 Å². The topological polar surface area (TPSA) is 0 Å². The van der Waals surface area contributed by atoms with Gasteiger partial charge < -0.3 is 0 Å². The summed E-state index contributed by atoms with van der Waals surface area (Å²) in [6.07, 6.45) is -37.1. The van der Waals surface area contributed by atoms with Crippen molar-refractivity contribution < 1.29 is 65.9 Å². The lowest BCUT2D eigenvalue weighted by Gasteiger charge is -2.54. The summed E-state index contributed by atoms with van der Waals surface area (Å²) in [7, 11) is 0. The normalized spacial score (nSPS) is 20.3. The van der Waals surface area contributed by atoms with Crippen molar-refractivity contribution in [2.45, 2.75) is 44.2 Å². The van der Waals surface area contributed by atoms with E-state index in [-0.39, 0.29) is 0 Å². The van der Waals surface area contributed by atoms with Crippen LogP contribution in [0.3, 0.4) is 0 Å². The van der Waals surface area contributed by atoms with Gasteiger partial charge in [0.2, 0.25) is 0 Å². The zero-order chi connectivity index (χ0) is 21.4. The van der Waals surface area contributed by atoms with Crippen LogP contribution in [0.1, 0.15) is 13.3 Å². The van der Waals surface area contributed by atoms with Gasteiger partial charge in [-0.15, -0.1) is 0 Å². The molecule has 0 nitrogen and oxygen atoms in total. The summed E-state index contributed by atoms with van der Waals surface area (Å²) in [5.74, 6) is 0. The van der Waals surface area contributed by atoms with Crippen molar-refractivity contribution in [2.24, 2.45) is 10.8 Å². The van der Waals surface area contributed by atoms with Gasteiger partial charge in [0.05, 0.1) is 0 Å². The van der Waals surface area contributed by atoms with Crippen LogP contribution in [0, 0.1) is 10.8 Å². The van der Waals surface area contributed by atoms with Crippen LogP contribution in [-0.4, -0.2) is 30.9 Å². The van der Waals surface area contributed by atoms with Crippen LogP contribution >= 0.6 is 0 Å². The Bertz CT molecular complexity index is 560. The third kappa shape index (κ3) is 2.80. The molecule has 0 atom stereocenters. The summed E-state index contributed by atoms with van der Waals surface area (Å²) >= 11 is 0. The SMILES string of the molecule is CC(C1=C(C(F)(F)F)CC1(C(F)(F)F)C(F)(F)F)(C(F)(F)F)C(F)(F)F. The first-order valence-electron chi connectivity index (χ1n) is 6.04. The predicted octanol–water partition coefficient (Wildman–Crippen LogP) is 6.49. The highest BCUT2D eigenvalue weighted by Gasteiger charge is 2.86. The summed E-state index contributed by atoms with van der Waals surface area (Å²) in [5.41, 5.74) is -19.0. The minimum absolute atomic E-state index is 1.18. The van der Waals surface area contributed by atoms with Gasteiger partial charge in [-0.1, -0.05) is 0 Å². The van der Waals surface area contributed by atoms with Gasteiger partial charge in [0, 0.05) is 12.0 Å². The van der Waals surface area contributed by atoms with E-state index in [0.717, 1.165) is 0 Å². The van der Waals surface area contributed by atoms with E-state index in [2.05, 4.69) is 0 Å². The largest absolute Gasteiger partial charge is 0.412 e. The molecule has 0 radical (unpaired) electrons. The molecule has 0 aromatic heterocycles. The van der Waals surface area contributed by atoms with Crippen molar-refractivity contribution in [1.29, 1.82) is 0 Å². The molecule has 0 aromatic rings. The number of alkyl halides is 15. The molecular weight excluding hydrogens is 417 g/mol. The third-order valence-corrected chi connectivity index (χ3v) is 4.11. The van der Waals surface area contributed by atoms with E-state index in [1.165, 1.54) is 0 Å². The van der Waals surface area contributed by atoms with Crippen LogP contribution in [0.5, 0.6) is 0 Å². The fraction of sp³-hybridized carbons (Fsp3) is 0.818. The molecular formula is C11H5F15. The van der Waals surface area contributed by atoms with Crippen molar-refractivity contribution in [1.82, 2.24) is 0 Å². The molecule has 15 heteroatoms. The maximum atomic E-state index is 12.9. The molecule has 0 amide bonds. The van der Waals surface area contributed by atoms with Gasteiger partial charge in [0.15, 0.2) is 10.8 Å². The second-order valence-corrected chi connectivity index (χ2v) is 5.55. The summed E-state index contributed by atoms with van der Waals surface area (Å²) in [6.45, 7) is -1.18. The Hall–Kier alpha value is -1.31. The molecule has 0 saturated carbocycles. The summed E-state index contributed by atoms with van der Waals surface area (Å²) < 4.78 is 193. The van der Waals surface area contributed by atoms with E-state index in [1.807, 2.05) is 0 Å². The molecule has 0 bridgehead atoms. The van der Waals surface area contributed by atoms with Gasteiger partial charge in [-0.05, 0) is 12.5 Å². The fourth-order valence-corrected chi connectivity index (χ4v) is 2.65. The molecule has 0 N–H and O–H groups in total. The number of rotatable bonds is 1. The first kappa shape index (κ1) is 22.7. The molecule has 1 aliphatic carbocycles.